The molecule has 1 aromatic carbocycles. The van der Waals surface area contributed by atoms with Gasteiger partial charge in [-0.2, -0.15) is 5.10 Å². The summed E-state index contributed by atoms with van der Waals surface area (Å²) in [5.41, 5.74) is 7.25. The molecule has 3 aliphatic heterocycles. The summed E-state index contributed by atoms with van der Waals surface area (Å²) in [6.07, 6.45) is 3.72. The summed E-state index contributed by atoms with van der Waals surface area (Å²) in [5, 5.41) is 8.10. The van der Waals surface area contributed by atoms with Crippen molar-refractivity contribution in [3.63, 3.8) is 0 Å². The van der Waals surface area contributed by atoms with Gasteiger partial charge in [0.15, 0.2) is 0 Å². The minimum atomic E-state index is -0.160. The first-order valence-electron chi connectivity index (χ1n) is 14.3. The molecule has 1 atom stereocenters. The van der Waals surface area contributed by atoms with Gasteiger partial charge in [0.05, 0.1) is 24.9 Å². The maximum atomic E-state index is 12.3. The van der Waals surface area contributed by atoms with Gasteiger partial charge in [-0.3, -0.25) is 4.79 Å². The number of hydrogen-bond donors (Lipinski definition) is 1. The van der Waals surface area contributed by atoms with Crippen molar-refractivity contribution in [2.75, 3.05) is 58.2 Å². The first-order valence-corrected chi connectivity index (χ1v) is 14.3. The van der Waals surface area contributed by atoms with Crippen molar-refractivity contribution >= 4 is 11.8 Å². The number of hydrogen-bond acceptors (Lipinski definition) is 7. The number of aromatic nitrogens is 3. The lowest BCUT2D eigenvalue weighted by atomic mass is 9.72. The van der Waals surface area contributed by atoms with Crippen molar-refractivity contribution in [2.24, 2.45) is 5.41 Å². The van der Waals surface area contributed by atoms with E-state index in [0.717, 1.165) is 87.1 Å². The fourth-order valence-electron chi connectivity index (χ4n) is 6.76. The number of carbonyl (C=O) groups excluding carboxylic acids is 1. The number of nitrogens with one attached hydrogen (secondary N) is 1. The molecule has 0 saturated carbocycles. The number of ether oxygens (including phenoxy) is 1. The number of pyridine rings is 1. The zero-order valence-electron chi connectivity index (χ0n) is 23.4. The fourth-order valence-corrected chi connectivity index (χ4v) is 6.76. The van der Waals surface area contributed by atoms with Gasteiger partial charge in [-0.05, 0) is 62.1 Å². The number of nitrogens with zero attached hydrogens (tertiary/aromatic N) is 5. The Hall–Kier alpha value is -3.23. The van der Waals surface area contributed by atoms with Crippen molar-refractivity contribution in [3.05, 3.63) is 70.7 Å². The topological polar surface area (TPSA) is 75.5 Å². The number of rotatable bonds is 9. The van der Waals surface area contributed by atoms with Crippen LogP contribution in [0.5, 0.6) is 0 Å². The second-order valence-corrected chi connectivity index (χ2v) is 11.9. The molecule has 0 aliphatic carbocycles. The molecule has 206 valence electrons. The summed E-state index contributed by atoms with van der Waals surface area (Å²) in [5.74, 6) is 1.02. The molecule has 5 heterocycles. The van der Waals surface area contributed by atoms with Crippen molar-refractivity contribution in [3.8, 4) is 5.69 Å². The Morgan fingerprint density at radius 1 is 1.10 bits per heavy atom. The van der Waals surface area contributed by atoms with Gasteiger partial charge in [0, 0.05) is 75.0 Å². The van der Waals surface area contributed by atoms with Crippen molar-refractivity contribution < 1.29 is 9.53 Å². The van der Waals surface area contributed by atoms with Crippen molar-refractivity contribution in [1.82, 2.24) is 24.6 Å². The Morgan fingerprint density at radius 3 is 2.69 bits per heavy atom. The van der Waals surface area contributed by atoms with E-state index in [1.807, 2.05) is 11.6 Å². The lowest BCUT2D eigenvalue weighted by Crippen LogP contribution is -2.72. The predicted octanol–water partition coefficient (Wildman–Crippen LogP) is 3.75. The van der Waals surface area contributed by atoms with Gasteiger partial charge in [0.25, 0.3) is 0 Å². The van der Waals surface area contributed by atoms with Crippen LogP contribution in [0.3, 0.4) is 0 Å². The summed E-state index contributed by atoms with van der Waals surface area (Å²) in [4.78, 5) is 22.3. The number of methoxy groups -OCH3 is 1. The van der Waals surface area contributed by atoms with Crippen LogP contribution < -0.4 is 5.32 Å². The van der Waals surface area contributed by atoms with Crippen LogP contribution in [0, 0.1) is 19.3 Å². The van der Waals surface area contributed by atoms with Gasteiger partial charge in [0.2, 0.25) is 0 Å². The first kappa shape index (κ1) is 26.0. The van der Waals surface area contributed by atoms with Gasteiger partial charge < -0.3 is 19.9 Å². The first-order chi connectivity index (χ1) is 18.9. The predicted molar refractivity (Wildman–Crippen MR) is 152 cm³/mol. The number of aryl methyl sites for hydroxylation is 3. The minimum Gasteiger partial charge on any atom is -0.469 e. The summed E-state index contributed by atoms with van der Waals surface area (Å²) in [6, 6.07) is 15.0. The molecule has 8 heteroatoms. The third-order valence-corrected chi connectivity index (χ3v) is 8.59. The van der Waals surface area contributed by atoms with Gasteiger partial charge in [-0.15, -0.1) is 0 Å². The highest BCUT2D eigenvalue weighted by Gasteiger charge is 2.51. The summed E-state index contributed by atoms with van der Waals surface area (Å²) in [7, 11) is 1.48. The molecule has 8 nitrogen and oxygen atoms in total. The van der Waals surface area contributed by atoms with E-state index >= 15 is 0 Å². The lowest BCUT2D eigenvalue weighted by molar-refractivity contribution is -0.142. The molecular formula is C31H40N6O2. The van der Waals surface area contributed by atoms with Crippen molar-refractivity contribution in [1.29, 1.82) is 0 Å². The second kappa shape index (κ2) is 10.7. The van der Waals surface area contributed by atoms with Gasteiger partial charge in [-0.25, -0.2) is 9.67 Å². The summed E-state index contributed by atoms with van der Waals surface area (Å²) in [6.45, 7) is 11.5. The molecule has 6 rings (SSSR count). The number of esters is 1. The average molecular weight is 529 g/mol. The zero-order valence-corrected chi connectivity index (χ0v) is 23.4. The van der Waals surface area contributed by atoms with Crippen LogP contribution in [0.4, 0.5) is 5.82 Å². The molecule has 2 saturated heterocycles. The molecule has 1 spiro atoms. The van der Waals surface area contributed by atoms with E-state index < -0.39 is 0 Å². The number of likely N-dealkylation sites (tertiary alicyclic amines) is 2. The highest BCUT2D eigenvalue weighted by Crippen LogP contribution is 2.41. The van der Waals surface area contributed by atoms with Crippen LogP contribution in [-0.4, -0.2) is 83.5 Å². The van der Waals surface area contributed by atoms with Gasteiger partial charge in [-0.1, -0.05) is 18.2 Å². The molecule has 2 fully saturated rings. The van der Waals surface area contributed by atoms with Crippen LogP contribution in [-0.2, 0) is 22.4 Å². The number of fused-ring (bicyclic) bond motifs is 1. The molecular weight excluding hydrogens is 488 g/mol. The van der Waals surface area contributed by atoms with E-state index in [4.69, 9.17) is 9.72 Å². The monoisotopic (exact) mass is 528 g/mol. The largest absolute Gasteiger partial charge is 0.469 e. The zero-order chi connectivity index (χ0) is 27.0. The molecule has 0 radical (unpaired) electrons. The number of carbonyl (C=O) groups is 1. The molecule has 3 aliphatic rings. The second-order valence-electron chi connectivity index (χ2n) is 11.9. The van der Waals surface area contributed by atoms with Gasteiger partial charge >= 0.3 is 5.97 Å². The Bertz CT molecular complexity index is 1340. The normalized spacial score (nSPS) is 19.1. The minimum absolute atomic E-state index is 0.0894. The summed E-state index contributed by atoms with van der Waals surface area (Å²) < 4.78 is 7.04. The molecule has 0 amide bonds. The molecule has 3 aromatic rings. The molecule has 0 bridgehead atoms. The van der Waals surface area contributed by atoms with Crippen LogP contribution >= 0.6 is 0 Å². The highest BCUT2D eigenvalue weighted by atomic mass is 16.5. The maximum Gasteiger partial charge on any atom is 0.306 e. The van der Waals surface area contributed by atoms with Crippen molar-refractivity contribution in [2.45, 2.75) is 45.4 Å². The van der Waals surface area contributed by atoms with E-state index in [2.05, 4.69) is 69.6 Å². The third-order valence-electron chi connectivity index (χ3n) is 8.59. The SMILES string of the molecule is COC(=O)C[C@H](CN1CC2(CN(CCc3ccc4c(n3)NCCC4)C2)C1)c1cccc(-n2nc(C)cc2C)c1. The third kappa shape index (κ3) is 5.58. The lowest BCUT2D eigenvalue weighted by Gasteiger charge is -2.61. The van der Waals surface area contributed by atoms with E-state index in [-0.39, 0.29) is 11.9 Å². The number of benzene rings is 1. The average Bonchev–Trinajstić information content (AvgIpc) is 3.25. The Labute approximate surface area is 231 Å². The Kier molecular flexibility index (Phi) is 7.16. The Balaban J connectivity index is 1.03. The van der Waals surface area contributed by atoms with Crippen LogP contribution in [0.25, 0.3) is 5.69 Å². The van der Waals surface area contributed by atoms with Crippen LogP contribution in [0.2, 0.25) is 0 Å². The molecule has 1 N–H and O–H groups in total. The number of anilines is 1. The van der Waals surface area contributed by atoms with E-state index in [1.54, 1.807) is 0 Å². The van der Waals surface area contributed by atoms with E-state index in [9.17, 15) is 4.79 Å². The smallest absolute Gasteiger partial charge is 0.306 e. The summed E-state index contributed by atoms with van der Waals surface area (Å²) >= 11 is 0. The van der Waals surface area contributed by atoms with E-state index in [1.165, 1.54) is 24.8 Å². The molecule has 2 aromatic heterocycles. The quantitative estimate of drug-likeness (QED) is 0.424. The van der Waals surface area contributed by atoms with Crippen LogP contribution in [0.15, 0.2) is 42.5 Å². The maximum absolute atomic E-state index is 12.3. The molecule has 39 heavy (non-hydrogen) atoms. The van der Waals surface area contributed by atoms with E-state index in [0.29, 0.717) is 11.8 Å². The van der Waals surface area contributed by atoms with Crippen LogP contribution in [0.1, 0.15) is 47.0 Å². The standard InChI is InChI=1S/C31H40N6O2/c1-22-14-23(2)37(34-22)28-8-4-6-25(15-28)26(16-29(38)39-3)17-36-20-31(21-36)18-35(19-31)13-11-27-10-9-24-7-5-12-32-30(24)33-27/h4,6,8-10,14-15,26H,5,7,11-13,16-21H2,1-3H3,(H,32,33)/t26-/m1/s1. The molecule has 0 unspecified atom stereocenters. The van der Waals surface area contributed by atoms with Gasteiger partial charge in [0.1, 0.15) is 5.82 Å². The Morgan fingerprint density at radius 2 is 1.92 bits per heavy atom. The fraction of sp³-hybridized carbons (Fsp3) is 0.516. The highest BCUT2D eigenvalue weighted by molar-refractivity contribution is 5.70.